The van der Waals surface area contributed by atoms with Crippen molar-refractivity contribution in [1.29, 1.82) is 0 Å². The molecule has 1 aromatic rings. The molecule has 0 aromatic carbocycles. The van der Waals surface area contributed by atoms with E-state index in [0.29, 0.717) is 18.8 Å². The number of nitrogens with one attached hydrogen (secondary N) is 2. The van der Waals surface area contributed by atoms with Crippen molar-refractivity contribution in [3.8, 4) is 0 Å². The predicted molar refractivity (Wildman–Crippen MR) is 70.8 cm³/mol. The molecule has 2 N–H and O–H groups in total. The average molecular weight is 277 g/mol. The number of hydrogen-bond donors (Lipinski definition) is 2. The summed E-state index contributed by atoms with van der Waals surface area (Å²) < 4.78 is 26.2. The molecule has 0 amide bonds. The van der Waals surface area contributed by atoms with E-state index in [2.05, 4.69) is 14.7 Å². The molecule has 0 aliphatic carbocycles. The lowest BCUT2D eigenvalue weighted by atomic mass is 10.3. The van der Waals surface area contributed by atoms with E-state index in [0.717, 1.165) is 18.6 Å². The first-order valence-corrected chi connectivity index (χ1v) is 8.50. The molecule has 0 saturated carbocycles. The number of aromatic amines is 1. The topological polar surface area (TPSA) is 74.8 Å². The fourth-order valence-electron chi connectivity index (χ4n) is 1.32. The van der Waals surface area contributed by atoms with Crippen LogP contribution in [-0.2, 0) is 16.4 Å². The van der Waals surface area contributed by atoms with Crippen molar-refractivity contribution in [2.45, 2.75) is 31.2 Å². The Hall–Kier alpha value is -0.530. The zero-order valence-electron chi connectivity index (χ0n) is 10.2. The molecule has 0 saturated heterocycles. The molecule has 7 heteroatoms. The van der Waals surface area contributed by atoms with E-state index in [4.69, 9.17) is 0 Å². The number of unbranched alkanes of at least 4 members (excludes halogenated alkanes) is 1. The lowest BCUT2D eigenvalue weighted by molar-refractivity contribution is 0.575. The van der Waals surface area contributed by atoms with Crippen LogP contribution < -0.4 is 4.72 Å². The Bertz CT molecular complexity index is 429. The quantitative estimate of drug-likeness (QED) is 0.704. The number of imidazole rings is 1. The molecule has 0 bridgehead atoms. The van der Waals surface area contributed by atoms with E-state index in [1.165, 1.54) is 6.20 Å². The highest BCUT2D eigenvalue weighted by atomic mass is 32.2. The molecule has 0 aliphatic heterocycles. The third kappa shape index (κ3) is 4.69. The highest BCUT2D eigenvalue weighted by Crippen LogP contribution is 2.06. The van der Waals surface area contributed by atoms with Gasteiger partial charge in [-0.3, -0.25) is 0 Å². The molecular formula is C10H19N3O2S2. The van der Waals surface area contributed by atoms with Crippen LogP contribution in [0, 0.1) is 0 Å². The van der Waals surface area contributed by atoms with Crippen molar-refractivity contribution in [2.24, 2.45) is 0 Å². The lowest BCUT2D eigenvalue weighted by Crippen LogP contribution is -2.25. The first-order chi connectivity index (χ1) is 8.10. The largest absolute Gasteiger partial charge is 0.332 e. The molecule has 0 spiro atoms. The zero-order valence-corrected chi connectivity index (χ0v) is 11.8. The van der Waals surface area contributed by atoms with E-state index in [9.17, 15) is 8.42 Å². The minimum atomic E-state index is -3.41. The van der Waals surface area contributed by atoms with Gasteiger partial charge in [0, 0.05) is 13.0 Å². The Balaban J connectivity index is 2.45. The molecular weight excluding hydrogens is 258 g/mol. The average Bonchev–Trinajstić information content (AvgIpc) is 2.78. The molecule has 1 rings (SSSR count). The summed E-state index contributed by atoms with van der Waals surface area (Å²) in [5.74, 6) is 1.75. The van der Waals surface area contributed by atoms with Gasteiger partial charge in [-0.05, 0) is 24.9 Å². The first-order valence-electron chi connectivity index (χ1n) is 5.62. The van der Waals surface area contributed by atoms with E-state index < -0.39 is 10.0 Å². The van der Waals surface area contributed by atoms with E-state index in [1.54, 1.807) is 11.8 Å². The summed E-state index contributed by atoms with van der Waals surface area (Å²) in [5.41, 5.74) is 0. The number of thioether (sulfide) groups is 1. The molecule has 0 radical (unpaired) electrons. The van der Waals surface area contributed by atoms with E-state index in [-0.39, 0.29) is 5.03 Å². The Kier molecular flexibility index (Phi) is 6.01. The number of H-pyrrole nitrogens is 1. The summed E-state index contributed by atoms with van der Waals surface area (Å²) in [6.07, 6.45) is 5.98. The number of hydrogen-bond acceptors (Lipinski definition) is 4. The molecule has 98 valence electrons. The highest BCUT2D eigenvalue weighted by molar-refractivity contribution is 7.98. The summed E-state index contributed by atoms with van der Waals surface area (Å²) in [7, 11) is -3.41. The number of aryl methyl sites for hydroxylation is 1. The summed E-state index contributed by atoms with van der Waals surface area (Å²) >= 11 is 1.77. The predicted octanol–water partition coefficient (Wildman–Crippen LogP) is 1.39. The Labute approximate surface area is 107 Å². The highest BCUT2D eigenvalue weighted by Gasteiger charge is 2.15. The van der Waals surface area contributed by atoms with Crippen LogP contribution in [-0.4, -0.2) is 36.9 Å². The second kappa shape index (κ2) is 7.03. The Morgan fingerprint density at radius 3 is 2.82 bits per heavy atom. The molecule has 0 atom stereocenters. The zero-order chi connectivity index (χ0) is 12.7. The van der Waals surface area contributed by atoms with Crippen molar-refractivity contribution in [1.82, 2.24) is 14.7 Å². The molecule has 17 heavy (non-hydrogen) atoms. The van der Waals surface area contributed by atoms with Gasteiger partial charge in [0.15, 0.2) is 5.03 Å². The lowest BCUT2D eigenvalue weighted by Gasteiger charge is -2.03. The normalized spacial score (nSPS) is 11.9. The monoisotopic (exact) mass is 277 g/mol. The summed E-state index contributed by atoms with van der Waals surface area (Å²) in [6.45, 7) is 2.40. The van der Waals surface area contributed by atoms with Gasteiger partial charge in [-0.25, -0.2) is 18.1 Å². The van der Waals surface area contributed by atoms with E-state index in [1.807, 2.05) is 13.2 Å². The van der Waals surface area contributed by atoms with Gasteiger partial charge in [0.05, 0.1) is 6.20 Å². The number of rotatable bonds is 8. The second-order valence-electron chi connectivity index (χ2n) is 3.65. The Morgan fingerprint density at radius 2 is 2.24 bits per heavy atom. The maximum Gasteiger partial charge on any atom is 0.257 e. The number of nitrogens with zero attached hydrogens (tertiary/aromatic N) is 1. The van der Waals surface area contributed by atoms with Gasteiger partial charge in [-0.15, -0.1) is 0 Å². The molecule has 0 unspecified atom stereocenters. The minimum Gasteiger partial charge on any atom is -0.332 e. The fourth-order valence-corrected chi connectivity index (χ4v) is 2.82. The van der Waals surface area contributed by atoms with Gasteiger partial charge in [-0.2, -0.15) is 11.8 Å². The van der Waals surface area contributed by atoms with Crippen LogP contribution in [0.15, 0.2) is 11.2 Å². The van der Waals surface area contributed by atoms with Crippen LogP contribution in [0.1, 0.15) is 25.6 Å². The van der Waals surface area contributed by atoms with Gasteiger partial charge >= 0.3 is 0 Å². The van der Waals surface area contributed by atoms with Gasteiger partial charge < -0.3 is 4.98 Å². The SMILES string of the molecule is CCc1ncc(S(=O)(=O)NCCCCSC)[nH]1. The first kappa shape index (κ1) is 14.5. The van der Waals surface area contributed by atoms with E-state index >= 15 is 0 Å². The maximum atomic E-state index is 11.8. The molecule has 5 nitrogen and oxygen atoms in total. The third-order valence-electron chi connectivity index (χ3n) is 2.30. The van der Waals surface area contributed by atoms with Crippen LogP contribution >= 0.6 is 11.8 Å². The third-order valence-corrected chi connectivity index (χ3v) is 4.36. The Morgan fingerprint density at radius 1 is 1.47 bits per heavy atom. The van der Waals surface area contributed by atoms with Gasteiger partial charge in [0.25, 0.3) is 10.0 Å². The molecule has 1 heterocycles. The summed E-state index contributed by atoms with van der Waals surface area (Å²) in [4.78, 5) is 6.77. The van der Waals surface area contributed by atoms with Gasteiger partial charge in [0.1, 0.15) is 5.82 Å². The molecule has 1 aromatic heterocycles. The van der Waals surface area contributed by atoms with Gasteiger partial charge in [0.2, 0.25) is 0 Å². The van der Waals surface area contributed by atoms with Gasteiger partial charge in [-0.1, -0.05) is 6.92 Å². The molecule has 0 fully saturated rings. The van der Waals surface area contributed by atoms with Crippen LogP contribution in [0.5, 0.6) is 0 Å². The van der Waals surface area contributed by atoms with Crippen LogP contribution in [0.3, 0.4) is 0 Å². The maximum absolute atomic E-state index is 11.8. The van der Waals surface area contributed by atoms with Crippen molar-refractivity contribution >= 4 is 21.8 Å². The molecule has 0 aliphatic rings. The fraction of sp³-hybridized carbons (Fsp3) is 0.700. The van der Waals surface area contributed by atoms with Crippen LogP contribution in [0.4, 0.5) is 0 Å². The summed E-state index contributed by atoms with van der Waals surface area (Å²) in [5, 5.41) is 0.152. The number of aromatic nitrogens is 2. The smallest absolute Gasteiger partial charge is 0.257 e. The summed E-state index contributed by atoms with van der Waals surface area (Å²) in [6, 6.07) is 0. The van der Waals surface area contributed by atoms with Crippen molar-refractivity contribution in [3.63, 3.8) is 0 Å². The second-order valence-corrected chi connectivity index (χ2v) is 6.37. The van der Waals surface area contributed by atoms with Crippen molar-refractivity contribution in [3.05, 3.63) is 12.0 Å². The van der Waals surface area contributed by atoms with Crippen molar-refractivity contribution < 1.29 is 8.42 Å². The van der Waals surface area contributed by atoms with Crippen molar-refractivity contribution in [2.75, 3.05) is 18.6 Å². The van der Waals surface area contributed by atoms with Crippen LogP contribution in [0.2, 0.25) is 0 Å². The standard InChI is InChI=1S/C10H19N3O2S2/c1-3-9-11-8-10(13-9)17(14,15)12-6-4-5-7-16-2/h8,12H,3-7H2,1-2H3,(H,11,13). The van der Waals surface area contributed by atoms with Crippen LogP contribution in [0.25, 0.3) is 0 Å². The number of sulfonamides is 1. The minimum absolute atomic E-state index is 0.152.